The number of nitrogens with two attached hydrogens (primary N) is 1. The second-order valence-corrected chi connectivity index (χ2v) is 4.72. The molecule has 0 aliphatic carbocycles. The third-order valence-corrected chi connectivity index (χ3v) is 3.20. The first-order valence-electron chi connectivity index (χ1n) is 5.93. The Morgan fingerprint density at radius 3 is 2.94 bits per heavy atom. The van der Waals surface area contributed by atoms with E-state index >= 15 is 0 Å². The van der Waals surface area contributed by atoms with E-state index in [-0.39, 0.29) is 5.82 Å². The van der Waals surface area contributed by atoms with Crippen LogP contribution in [0.5, 0.6) is 0 Å². The molecule has 16 heavy (non-hydrogen) atoms. The highest BCUT2D eigenvalue weighted by Gasteiger charge is 2.17. The monoisotopic (exact) mass is 222 g/mol. The fourth-order valence-corrected chi connectivity index (χ4v) is 2.36. The van der Waals surface area contributed by atoms with Crippen LogP contribution in [0.25, 0.3) is 0 Å². The van der Waals surface area contributed by atoms with Gasteiger partial charge in [-0.3, -0.25) is 0 Å². The number of rotatable bonds is 2. The van der Waals surface area contributed by atoms with E-state index in [4.69, 9.17) is 5.73 Å². The van der Waals surface area contributed by atoms with Crippen molar-refractivity contribution in [2.45, 2.75) is 26.3 Å². The number of anilines is 1. The molecule has 1 heterocycles. The molecule has 0 radical (unpaired) electrons. The molecule has 0 aromatic heterocycles. The summed E-state index contributed by atoms with van der Waals surface area (Å²) >= 11 is 0. The minimum absolute atomic E-state index is 0.184. The molecule has 2 rings (SSSR count). The van der Waals surface area contributed by atoms with Crippen LogP contribution in [-0.4, -0.2) is 13.1 Å². The minimum Gasteiger partial charge on any atom is -0.371 e. The number of hydrogen-bond donors (Lipinski definition) is 1. The second-order valence-electron chi connectivity index (χ2n) is 4.72. The van der Waals surface area contributed by atoms with Crippen LogP contribution in [0.3, 0.4) is 0 Å². The third-order valence-electron chi connectivity index (χ3n) is 3.20. The summed E-state index contributed by atoms with van der Waals surface area (Å²) in [6.45, 7) is 4.69. The van der Waals surface area contributed by atoms with E-state index in [2.05, 4.69) is 11.8 Å². The Morgan fingerprint density at radius 2 is 2.25 bits per heavy atom. The highest BCUT2D eigenvalue weighted by atomic mass is 19.1. The fourth-order valence-electron chi connectivity index (χ4n) is 2.36. The summed E-state index contributed by atoms with van der Waals surface area (Å²) in [4.78, 5) is 2.26. The van der Waals surface area contributed by atoms with Crippen LogP contribution < -0.4 is 10.6 Å². The lowest BCUT2D eigenvalue weighted by Crippen LogP contribution is -2.34. The third kappa shape index (κ3) is 2.53. The van der Waals surface area contributed by atoms with Gasteiger partial charge in [-0.05, 0) is 42.5 Å². The Balaban J connectivity index is 2.21. The Labute approximate surface area is 96.2 Å². The zero-order valence-corrected chi connectivity index (χ0v) is 9.75. The highest BCUT2D eigenvalue weighted by Crippen LogP contribution is 2.24. The molecule has 1 fully saturated rings. The molecule has 0 bridgehead atoms. The molecular formula is C13H19FN2. The summed E-state index contributed by atoms with van der Waals surface area (Å²) in [6, 6.07) is 5.12. The summed E-state index contributed by atoms with van der Waals surface area (Å²) < 4.78 is 13.4. The zero-order valence-electron chi connectivity index (χ0n) is 9.75. The lowest BCUT2D eigenvalue weighted by atomic mass is 9.99. The van der Waals surface area contributed by atoms with Crippen molar-refractivity contribution in [1.29, 1.82) is 0 Å². The van der Waals surface area contributed by atoms with Gasteiger partial charge in [0.2, 0.25) is 0 Å². The van der Waals surface area contributed by atoms with Gasteiger partial charge >= 0.3 is 0 Å². The van der Waals surface area contributed by atoms with Crippen LogP contribution in [0, 0.1) is 11.7 Å². The van der Waals surface area contributed by atoms with Gasteiger partial charge in [-0.1, -0.05) is 6.92 Å². The van der Waals surface area contributed by atoms with Gasteiger partial charge in [-0.2, -0.15) is 0 Å². The van der Waals surface area contributed by atoms with E-state index in [1.807, 2.05) is 6.07 Å². The van der Waals surface area contributed by atoms with Crippen LogP contribution in [0.15, 0.2) is 18.2 Å². The molecule has 1 aliphatic rings. The van der Waals surface area contributed by atoms with Gasteiger partial charge in [-0.25, -0.2) is 4.39 Å². The van der Waals surface area contributed by atoms with Crippen LogP contribution in [0.4, 0.5) is 10.1 Å². The smallest absolute Gasteiger partial charge is 0.125 e. The van der Waals surface area contributed by atoms with Gasteiger partial charge in [0, 0.05) is 25.3 Å². The quantitative estimate of drug-likeness (QED) is 0.833. The maximum absolute atomic E-state index is 13.4. The SMILES string of the molecule is CC1CCCN(c2cc(F)cc(CN)c2)C1. The Hall–Kier alpha value is -1.09. The van der Waals surface area contributed by atoms with Crippen molar-refractivity contribution in [3.8, 4) is 0 Å². The molecule has 1 saturated heterocycles. The molecule has 88 valence electrons. The van der Waals surface area contributed by atoms with Crippen LogP contribution in [-0.2, 0) is 6.54 Å². The molecule has 1 atom stereocenters. The number of hydrogen-bond acceptors (Lipinski definition) is 2. The van der Waals surface area contributed by atoms with Crippen LogP contribution >= 0.6 is 0 Å². The van der Waals surface area contributed by atoms with Crippen molar-refractivity contribution in [2.75, 3.05) is 18.0 Å². The van der Waals surface area contributed by atoms with E-state index in [0.717, 1.165) is 24.3 Å². The molecule has 1 aromatic rings. The van der Waals surface area contributed by atoms with Gasteiger partial charge in [0.25, 0.3) is 0 Å². The van der Waals surface area contributed by atoms with Crippen molar-refractivity contribution in [3.63, 3.8) is 0 Å². The van der Waals surface area contributed by atoms with E-state index in [9.17, 15) is 4.39 Å². The lowest BCUT2D eigenvalue weighted by Gasteiger charge is -2.33. The Morgan fingerprint density at radius 1 is 1.44 bits per heavy atom. The Kier molecular flexibility index (Phi) is 3.44. The first-order chi connectivity index (χ1) is 7.69. The molecule has 0 saturated carbocycles. The standard InChI is InChI=1S/C13H19FN2/c1-10-3-2-4-16(9-10)13-6-11(8-15)5-12(14)7-13/h5-7,10H,2-4,8-9,15H2,1H3. The summed E-state index contributed by atoms with van der Waals surface area (Å²) in [5.41, 5.74) is 7.41. The number of benzene rings is 1. The second kappa shape index (κ2) is 4.83. The normalized spacial score (nSPS) is 21.2. The van der Waals surface area contributed by atoms with E-state index in [0.29, 0.717) is 12.5 Å². The van der Waals surface area contributed by atoms with Crippen molar-refractivity contribution in [3.05, 3.63) is 29.6 Å². The van der Waals surface area contributed by atoms with Crippen molar-refractivity contribution in [2.24, 2.45) is 11.7 Å². The number of piperidine rings is 1. The average molecular weight is 222 g/mol. The Bertz CT molecular complexity index is 365. The fraction of sp³-hybridized carbons (Fsp3) is 0.538. The van der Waals surface area contributed by atoms with Crippen molar-refractivity contribution < 1.29 is 4.39 Å². The first-order valence-corrected chi connectivity index (χ1v) is 5.93. The van der Waals surface area contributed by atoms with E-state index < -0.39 is 0 Å². The summed E-state index contributed by atoms with van der Waals surface area (Å²) in [7, 11) is 0. The predicted molar refractivity (Wildman–Crippen MR) is 64.9 cm³/mol. The maximum Gasteiger partial charge on any atom is 0.125 e. The summed E-state index contributed by atoms with van der Waals surface area (Å²) in [5, 5.41) is 0. The molecule has 2 N–H and O–H groups in total. The molecular weight excluding hydrogens is 203 g/mol. The number of halogens is 1. The van der Waals surface area contributed by atoms with Crippen molar-refractivity contribution in [1.82, 2.24) is 0 Å². The zero-order chi connectivity index (χ0) is 11.5. The van der Waals surface area contributed by atoms with Gasteiger partial charge in [0.15, 0.2) is 0 Å². The summed E-state index contributed by atoms with van der Waals surface area (Å²) in [6.07, 6.45) is 2.46. The largest absolute Gasteiger partial charge is 0.371 e. The predicted octanol–water partition coefficient (Wildman–Crippen LogP) is 2.52. The maximum atomic E-state index is 13.4. The summed E-state index contributed by atoms with van der Waals surface area (Å²) in [5.74, 6) is 0.509. The molecule has 1 unspecified atom stereocenters. The van der Waals surface area contributed by atoms with Crippen molar-refractivity contribution >= 4 is 5.69 Å². The molecule has 3 heteroatoms. The van der Waals surface area contributed by atoms with Gasteiger partial charge < -0.3 is 10.6 Å². The van der Waals surface area contributed by atoms with Gasteiger partial charge in [-0.15, -0.1) is 0 Å². The van der Waals surface area contributed by atoms with Gasteiger partial charge in [0.05, 0.1) is 0 Å². The molecule has 1 aliphatic heterocycles. The van der Waals surface area contributed by atoms with E-state index in [1.165, 1.54) is 18.9 Å². The molecule has 1 aromatic carbocycles. The lowest BCUT2D eigenvalue weighted by molar-refractivity contribution is 0.446. The van der Waals surface area contributed by atoms with E-state index in [1.54, 1.807) is 6.07 Å². The molecule has 0 amide bonds. The topological polar surface area (TPSA) is 29.3 Å². The number of nitrogens with zero attached hydrogens (tertiary/aromatic N) is 1. The minimum atomic E-state index is -0.184. The van der Waals surface area contributed by atoms with Gasteiger partial charge in [0.1, 0.15) is 5.82 Å². The molecule has 2 nitrogen and oxygen atoms in total. The van der Waals surface area contributed by atoms with Crippen LogP contribution in [0.2, 0.25) is 0 Å². The first kappa shape index (κ1) is 11.4. The average Bonchev–Trinajstić information content (AvgIpc) is 2.28. The highest BCUT2D eigenvalue weighted by molar-refractivity contribution is 5.49. The molecule has 0 spiro atoms. The van der Waals surface area contributed by atoms with Crippen LogP contribution in [0.1, 0.15) is 25.3 Å².